The summed E-state index contributed by atoms with van der Waals surface area (Å²) in [6.45, 7) is 0. The smallest absolute Gasteiger partial charge is 0.317 e. The van der Waals surface area contributed by atoms with Gasteiger partial charge in [0.15, 0.2) is 0 Å². The maximum absolute atomic E-state index is 12.1. The summed E-state index contributed by atoms with van der Waals surface area (Å²) in [6.07, 6.45) is -0.403. The number of carbonyl (C=O) groups is 1. The van der Waals surface area contributed by atoms with Gasteiger partial charge in [0.2, 0.25) is 0 Å². The number of nitriles is 1. The van der Waals surface area contributed by atoms with Crippen molar-refractivity contribution in [1.82, 2.24) is 0 Å². The number of halogens is 1. The van der Waals surface area contributed by atoms with E-state index in [0.717, 1.165) is 0 Å². The summed E-state index contributed by atoms with van der Waals surface area (Å²) in [4.78, 5) is 9.38. The second-order valence-electron chi connectivity index (χ2n) is 2.28. The minimum atomic E-state index is -1.07. The molecule has 0 saturated carbocycles. The third kappa shape index (κ3) is 6.61. The highest BCUT2D eigenvalue weighted by molar-refractivity contribution is 5.69. The summed E-state index contributed by atoms with van der Waals surface area (Å²) in [7, 11) is 0. The fourth-order valence-electron chi connectivity index (χ4n) is 0.574. The van der Waals surface area contributed by atoms with E-state index in [9.17, 15) is 9.18 Å². The van der Waals surface area contributed by atoms with Crippen LogP contribution in [0.3, 0.4) is 0 Å². The van der Waals surface area contributed by atoms with Crippen LogP contribution in [0.1, 0.15) is 6.42 Å². The van der Waals surface area contributed by atoms with Crippen LogP contribution in [0, 0.1) is 17.1 Å². The number of rotatable bonds is 1. The van der Waals surface area contributed by atoms with Gasteiger partial charge in [-0.25, -0.2) is 4.39 Å². The summed E-state index contributed by atoms with van der Waals surface area (Å²) < 4.78 is 12.1. The molecule has 1 aromatic carbocycles. The van der Waals surface area contributed by atoms with Crippen LogP contribution in [-0.2, 0) is 4.79 Å². The standard InChI is InChI=1S/C6H6FN.C3H3NO2/c7-5-2-1-3-6(8)4-5;4-2-1-3(5)6/h1-4H,8H2;1H2,(H,5,6). The molecule has 0 amide bonds. The predicted octanol–water partition coefficient (Wildman–Crippen LogP) is 1.39. The van der Waals surface area contributed by atoms with Crippen LogP contribution < -0.4 is 5.73 Å². The van der Waals surface area contributed by atoms with Gasteiger partial charge in [0.1, 0.15) is 12.2 Å². The molecule has 3 N–H and O–H groups in total. The molecule has 0 aliphatic heterocycles. The van der Waals surface area contributed by atoms with E-state index >= 15 is 0 Å². The van der Waals surface area contributed by atoms with Crippen LogP contribution in [0.25, 0.3) is 0 Å². The minimum Gasteiger partial charge on any atom is -0.480 e. The first-order valence-corrected chi connectivity index (χ1v) is 3.66. The molecule has 1 aromatic rings. The van der Waals surface area contributed by atoms with Gasteiger partial charge < -0.3 is 10.8 Å². The molecule has 0 unspecified atom stereocenters. The average molecular weight is 196 g/mol. The van der Waals surface area contributed by atoms with E-state index in [1.54, 1.807) is 12.1 Å². The van der Waals surface area contributed by atoms with Crippen LogP contribution in [0.15, 0.2) is 24.3 Å². The van der Waals surface area contributed by atoms with E-state index in [4.69, 9.17) is 16.1 Å². The van der Waals surface area contributed by atoms with E-state index < -0.39 is 12.4 Å². The number of nitrogens with two attached hydrogens (primary N) is 1. The molecule has 5 heteroatoms. The van der Waals surface area contributed by atoms with Crippen LogP contribution in [0.4, 0.5) is 10.1 Å². The fourth-order valence-corrected chi connectivity index (χ4v) is 0.574. The third-order valence-corrected chi connectivity index (χ3v) is 1.08. The monoisotopic (exact) mass is 196 g/mol. The lowest BCUT2D eigenvalue weighted by Gasteiger charge is -1.88. The number of nitrogen functional groups attached to an aromatic ring is 1. The summed E-state index contributed by atoms with van der Waals surface area (Å²) in [5.41, 5.74) is 5.68. The molecule has 14 heavy (non-hydrogen) atoms. The van der Waals surface area contributed by atoms with Gasteiger partial charge in [0.05, 0.1) is 6.07 Å². The molecule has 0 aliphatic rings. The quantitative estimate of drug-likeness (QED) is 0.664. The molecule has 0 saturated heterocycles. The van der Waals surface area contributed by atoms with Crippen molar-refractivity contribution in [2.45, 2.75) is 6.42 Å². The van der Waals surface area contributed by atoms with Crippen LogP contribution >= 0.6 is 0 Å². The van der Waals surface area contributed by atoms with E-state index in [1.807, 2.05) is 0 Å². The molecular weight excluding hydrogens is 187 g/mol. The Hall–Kier alpha value is -2.09. The highest BCUT2D eigenvalue weighted by Crippen LogP contribution is 2.02. The molecule has 0 aliphatic carbocycles. The molecule has 4 nitrogen and oxygen atoms in total. The van der Waals surface area contributed by atoms with Crippen molar-refractivity contribution < 1.29 is 14.3 Å². The number of hydrogen-bond donors (Lipinski definition) is 2. The topological polar surface area (TPSA) is 87.1 Å². The zero-order chi connectivity index (χ0) is 11.0. The summed E-state index contributed by atoms with van der Waals surface area (Å²) in [6, 6.07) is 7.32. The Morgan fingerprint density at radius 1 is 1.64 bits per heavy atom. The van der Waals surface area contributed by atoms with Gasteiger partial charge in [-0.1, -0.05) is 6.07 Å². The highest BCUT2D eigenvalue weighted by atomic mass is 19.1. The van der Waals surface area contributed by atoms with Crippen molar-refractivity contribution >= 4 is 11.7 Å². The second kappa shape index (κ2) is 6.43. The van der Waals surface area contributed by atoms with Crippen molar-refractivity contribution in [3.05, 3.63) is 30.1 Å². The second-order valence-corrected chi connectivity index (χ2v) is 2.28. The average Bonchev–Trinajstić information content (AvgIpc) is 2.03. The lowest BCUT2D eigenvalue weighted by Crippen LogP contribution is -1.88. The Morgan fingerprint density at radius 2 is 2.29 bits per heavy atom. The third-order valence-electron chi connectivity index (χ3n) is 1.08. The van der Waals surface area contributed by atoms with Crippen molar-refractivity contribution in [3.63, 3.8) is 0 Å². The Morgan fingerprint density at radius 3 is 2.50 bits per heavy atom. The van der Waals surface area contributed by atoms with E-state index in [0.29, 0.717) is 5.69 Å². The lowest BCUT2D eigenvalue weighted by molar-refractivity contribution is -0.135. The van der Waals surface area contributed by atoms with Crippen LogP contribution in [-0.4, -0.2) is 11.1 Å². The maximum atomic E-state index is 12.1. The SMILES string of the molecule is N#CCC(=O)O.Nc1cccc(F)c1. The molecule has 0 bridgehead atoms. The Bertz CT molecular complexity index is 330. The number of hydrogen-bond acceptors (Lipinski definition) is 3. The zero-order valence-corrected chi connectivity index (χ0v) is 7.27. The first-order valence-electron chi connectivity index (χ1n) is 3.66. The fraction of sp³-hybridized carbons (Fsp3) is 0.111. The molecule has 0 aromatic heterocycles. The first-order chi connectivity index (χ1) is 6.56. The van der Waals surface area contributed by atoms with Gasteiger partial charge in [-0.05, 0) is 18.2 Å². The van der Waals surface area contributed by atoms with Gasteiger partial charge in [-0.15, -0.1) is 0 Å². The van der Waals surface area contributed by atoms with E-state index in [-0.39, 0.29) is 5.82 Å². The molecular formula is C9H9FN2O2. The summed E-state index contributed by atoms with van der Waals surface area (Å²) >= 11 is 0. The van der Waals surface area contributed by atoms with Gasteiger partial charge in [-0.3, -0.25) is 4.79 Å². The Balaban J connectivity index is 0.000000255. The van der Waals surface area contributed by atoms with Crippen molar-refractivity contribution in [1.29, 1.82) is 5.26 Å². The van der Waals surface area contributed by atoms with Crippen LogP contribution in [0.5, 0.6) is 0 Å². The van der Waals surface area contributed by atoms with Crippen molar-refractivity contribution in [3.8, 4) is 6.07 Å². The summed E-state index contributed by atoms with van der Waals surface area (Å²) in [5, 5.41) is 15.3. The molecule has 74 valence electrons. The molecule has 0 heterocycles. The van der Waals surface area contributed by atoms with Gasteiger partial charge in [0, 0.05) is 5.69 Å². The maximum Gasteiger partial charge on any atom is 0.317 e. The zero-order valence-electron chi connectivity index (χ0n) is 7.27. The minimum absolute atomic E-state index is 0.287. The number of aliphatic carboxylic acids is 1. The number of benzene rings is 1. The normalized spacial score (nSPS) is 8.00. The Labute approximate surface area is 80.4 Å². The molecule has 0 spiro atoms. The number of carboxylic acids is 1. The first kappa shape index (κ1) is 11.9. The predicted molar refractivity (Wildman–Crippen MR) is 48.7 cm³/mol. The van der Waals surface area contributed by atoms with Crippen molar-refractivity contribution in [2.75, 3.05) is 5.73 Å². The molecule has 0 radical (unpaired) electrons. The molecule has 0 fully saturated rings. The molecule has 0 atom stereocenters. The largest absolute Gasteiger partial charge is 0.480 e. The number of anilines is 1. The summed E-state index contributed by atoms with van der Waals surface area (Å²) in [5.74, 6) is -1.36. The Kier molecular flexibility index (Phi) is 5.47. The number of carboxylic acid groups (broad SMARTS) is 1. The lowest BCUT2D eigenvalue weighted by atomic mass is 10.3. The molecule has 1 rings (SSSR count). The van der Waals surface area contributed by atoms with Gasteiger partial charge in [0.25, 0.3) is 0 Å². The van der Waals surface area contributed by atoms with E-state index in [2.05, 4.69) is 0 Å². The van der Waals surface area contributed by atoms with Crippen molar-refractivity contribution in [2.24, 2.45) is 0 Å². The highest BCUT2D eigenvalue weighted by Gasteiger charge is 1.87. The van der Waals surface area contributed by atoms with Gasteiger partial charge in [-0.2, -0.15) is 5.26 Å². The number of nitrogens with zero attached hydrogens (tertiary/aromatic N) is 1. The van der Waals surface area contributed by atoms with Gasteiger partial charge >= 0.3 is 5.97 Å². The van der Waals surface area contributed by atoms with E-state index in [1.165, 1.54) is 18.2 Å². The van der Waals surface area contributed by atoms with Crippen LogP contribution in [0.2, 0.25) is 0 Å².